The maximum atomic E-state index is 13.0. The van der Waals surface area contributed by atoms with Crippen LogP contribution >= 0.6 is 11.3 Å². The maximum absolute atomic E-state index is 13.0. The van der Waals surface area contributed by atoms with Crippen molar-refractivity contribution in [2.24, 2.45) is 11.1 Å². The smallest absolute Gasteiger partial charge is 0.268 e. The fraction of sp³-hybridized carbons (Fsp3) is 0.462. The van der Waals surface area contributed by atoms with Crippen LogP contribution < -0.4 is 16.4 Å². The maximum Gasteiger partial charge on any atom is 0.268 e. The summed E-state index contributed by atoms with van der Waals surface area (Å²) >= 11 is 1.40. The minimum Gasteiger partial charge on any atom is -0.404 e. The molecule has 8 heteroatoms. The first-order valence-corrected chi connectivity index (χ1v) is 12.5. The number of fused-ring (bicyclic) bond motifs is 1. The van der Waals surface area contributed by atoms with E-state index in [9.17, 15) is 9.90 Å². The van der Waals surface area contributed by atoms with Crippen molar-refractivity contribution in [2.45, 2.75) is 66.7 Å². The van der Waals surface area contributed by atoms with Gasteiger partial charge in [0.05, 0.1) is 28.1 Å². The highest BCUT2D eigenvalue weighted by Gasteiger charge is 2.22. The van der Waals surface area contributed by atoms with Crippen molar-refractivity contribution in [2.75, 3.05) is 11.9 Å². The zero-order valence-corrected chi connectivity index (χ0v) is 21.8. The molecule has 0 aliphatic carbocycles. The van der Waals surface area contributed by atoms with Gasteiger partial charge in [-0.3, -0.25) is 10.1 Å². The van der Waals surface area contributed by atoms with E-state index < -0.39 is 5.60 Å². The number of aliphatic hydroxyl groups is 1. The summed E-state index contributed by atoms with van der Waals surface area (Å²) in [6, 6.07) is 9.81. The molecule has 0 unspecified atom stereocenters. The summed E-state index contributed by atoms with van der Waals surface area (Å²) in [5, 5.41) is 16.9. The van der Waals surface area contributed by atoms with Crippen LogP contribution in [0.2, 0.25) is 0 Å². The number of carbonyl (C=O) groups is 1. The Hall–Kier alpha value is -2.68. The third-order valence-corrected chi connectivity index (χ3v) is 6.46. The number of rotatable bonds is 9. The largest absolute Gasteiger partial charge is 0.404 e. The molecule has 0 aliphatic heterocycles. The number of imidazole rings is 1. The van der Waals surface area contributed by atoms with Crippen molar-refractivity contribution < 1.29 is 9.90 Å². The van der Waals surface area contributed by atoms with Crippen LogP contribution in [0.5, 0.6) is 0 Å². The standard InChI is InChI=1S/C26H37N5O2S/c1-7-18(13-27)21-10-11-22(34-21)23(32)30-24-29-19-12-17(14-28-15-25(2,3)4)8-9-20(19)31(24)16-26(5,6)33/h8-13,28,33H,7,14-16,27H2,1-6H3,(H,29,30,32)/b18-13+. The van der Waals surface area contributed by atoms with E-state index in [1.165, 1.54) is 11.3 Å². The Labute approximate surface area is 206 Å². The summed E-state index contributed by atoms with van der Waals surface area (Å²) in [5.74, 6) is 0.185. The van der Waals surface area contributed by atoms with Gasteiger partial charge in [0.25, 0.3) is 5.91 Å². The van der Waals surface area contributed by atoms with E-state index in [2.05, 4.69) is 37.5 Å². The lowest BCUT2D eigenvalue weighted by Gasteiger charge is -2.20. The van der Waals surface area contributed by atoms with Crippen LogP contribution in [0.3, 0.4) is 0 Å². The third kappa shape index (κ3) is 6.68. The summed E-state index contributed by atoms with van der Waals surface area (Å²) in [6.07, 6.45) is 2.39. The number of anilines is 1. The second kappa shape index (κ2) is 10.3. The van der Waals surface area contributed by atoms with Gasteiger partial charge in [-0.2, -0.15) is 0 Å². The first kappa shape index (κ1) is 25.9. The molecule has 0 bridgehead atoms. The Morgan fingerprint density at radius 2 is 1.88 bits per heavy atom. The highest BCUT2D eigenvalue weighted by molar-refractivity contribution is 7.15. The quantitative estimate of drug-likeness (QED) is 0.344. The van der Waals surface area contributed by atoms with Gasteiger partial charge in [-0.15, -0.1) is 11.3 Å². The molecule has 184 valence electrons. The third-order valence-electron chi connectivity index (χ3n) is 5.30. The number of amides is 1. The molecule has 7 nitrogen and oxygen atoms in total. The molecule has 3 aromatic rings. The average molecular weight is 484 g/mol. The van der Waals surface area contributed by atoms with Crippen molar-refractivity contribution in [3.63, 3.8) is 0 Å². The highest BCUT2D eigenvalue weighted by atomic mass is 32.1. The summed E-state index contributed by atoms with van der Waals surface area (Å²) in [6.45, 7) is 14.0. The first-order chi connectivity index (χ1) is 15.9. The fourth-order valence-electron chi connectivity index (χ4n) is 3.68. The number of hydrogen-bond acceptors (Lipinski definition) is 6. The molecule has 0 saturated carbocycles. The first-order valence-electron chi connectivity index (χ1n) is 11.6. The van der Waals surface area contributed by atoms with Gasteiger partial charge < -0.3 is 20.7 Å². The molecule has 0 saturated heterocycles. The molecule has 0 radical (unpaired) electrons. The predicted octanol–water partition coefficient (Wildman–Crippen LogP) is 4.97. The average Bonchev–Trinajstić information content (AvgIpc) is 3.33. The van der Waals surface area contributed by atoms with Crippen LogP contribution in [0.4, 0.5) is 5.95 Å². The van der Waals surface area contributed by atoms with Crippen molar-refractivity contribution in [3.8, 4) is 0 Å². The van der Waals surface area contributed by atoms with Gasteiger partial charge in [0.15, 0.2) is 0 Å². The van der Waals surface area contributed by atoms with E-state index in [1.54, 1.807) is 26.1 Å². The summed E-state index contributed by atoms with van der Waals surface area (Å²) < 4.78 is 1.87. The molecule has 1 amide bonds. The van der Waals surface area contributed by atoms with Crippen LogP contribution in [-0.4, -0.2) is 32.7 Å². The normalized spacial score (nSPS) is 13.0. The molecule has 34 heavy (non-hydrogen) atoms. The van der Waals surface area contributed by atoms with Gasteiger partial charge in [0.1, 0.15) is 0 Å². The second-order valence-electron chi connectivity index (χ2n) is 10.5. The zero-order valence-electron chi connectivity index (χ0n) is 21.0. The Bertz CT molecular complexity index is 1180. The molecular weight excluding hydrogens is 446 g/mol. The highest BCUT2D eigenvalue weighted by Crippen LogP contribution is 2.28. The zero-order chi connectivity index (χ0) is 25.1. The Morgan fingerprint density at radius 3 is 2.50 bits per heavy atom. The second-order valence-corrected chi connectivity index (χ2v) is 11.6. The molecule has 1 aromatic carbocycles. The lowest BCUT2D eigenvalue weighted by atomic mass is 9.97. The summed E-state index contributed by atoms with van der Waals surface area (Å²) in [5.41, 5.74) is 8.71. The van der Waals surface area contributed by atoms with Crippen LogP contribution in [0.25, 0.3) is 16.6 Å². The van der Waals surface area contributed by atoms with Gasteiger partial charge in [-0.25, -0.2) is 4.98 Å². The van der Waals surface area contributed by atoms with E-state index >= 15 is 0 Å². The number of allylic oxidation sites excluding steroid dienone is 1. The van der Waals surface area contributed by atoms with Crippen molar-refractivity contribution in [3.05, 3.63) is 51.8 Å². The molecule has 3 rings (SSSR count). The molecule has 0 aliphatic rings. The molecular formula is C26H37N5O2S. The number of thiophene rings is 1. The number of nitrogens with two attached hydrogens (primary N) is 1. The predicted molar refractivity (Wildman–Crippen MR) is 142 cm³/mol. The van der Waals surface area contributed by atoms with Crippen molar-refractivity contribution in [1.82, 2.24) is 14.9 Å². The van der Waals surface area contributed by atoms with E-state index in [0.29, 0.717) is 17.4 Å². The number of aromatic nitrogens is 2. The van der Waals surface area contributed by atoms with Crippen LogP contribution in [-0.2, 0) is 13.1 Å². The lowest BCUT2D eigenvalue weighted by Crippen LogP contribution is -2.27. The van der Waals surface area contributed by atoms with Gasteiger partial charge in [-0.05, 0) is 67.3 Å². The Kier molecular flexibility index (Phi) is 7.85. The van der Waals surface area contributed by atoms with Gasteiger partial charge in [-0.1, -0.05) is 33.8 Å². The fourth-order valence-corrected chi connectivity index (χ4v) is 4.68. The molecule has 2 aromatic heterocycles. The van der Waals surface area contributed by atoms with Gasteiger partial charge in [0, 0.05) is 18.0 Å². The Balaban J connectivity index is 1.89. The summed E-state index contributed by atoms with van der Waals surface area (Å²) in [4.78, 5) is 19.3. The number of nitrogens with zero attached hydrogens (tertiary/aromatic N) is 2. The molecule has 0 fully saturated rings. The molecule has 5 N–H and O–H groups in total. The monoisotopic (exact) mass is 483 g/mol. The van der Waals surface area contributed by atoms with Crippen LogP contribution in [0.1, 0.15) is 68.1 Å². The van der Waals surface area contributed by atoms with Crippen LogP contribution in [0, 0.1) is 5.41 Å². The Morgan fingerprint density at radius 1 is 1.18 bits per heavy atom. The summed E-state index contributed by atoms with van der Waals surface area (Å²) in [7, 11) is 0. The van der Waals surface area contributed by atoms with Crippen molar-refractivity contribution >= 4 is 39.8 Å². The minimum absolute atomic E-state index is 0.204. The van der Waals surface area contributed by atoms with Crippen molar-refractivity contribution in [1.29, 1.82) is 0 Å². The SMILES string of the molecule is CC/C(=C\N)c1ccc(C(=O)Nc2nc3cc(CNCC(C)(C)C)ccc3n2CC(C)(C)O)s1. The van der Waals surface area contributed by atoms with E-state index in [4.69, 9.17) is 10.7 Å². The van der Waals surface area contributed by atoms with Gasteiger partial charge >= 0.3 is 0 Å². The number of carbonyl (C=O) groups excluding carboxylic acids is 1. The number of nitrogens with one attached hydrogen (secondary N) is 2. The number of hydrogen-bond donors (Lipinski definition) is 4. The topological polar surface area (TPSA) is 105 Å². The van der Waals surface area contributed by atoms with E-state index in [-0.39, 0.29) is 11.3 Å². The van der Waals surface area contributed by atoms with Crippen LogP contribution in [0.15, 0.2) is 36.5 Å². The van der Waals surface area contributed by atoms with E-state index in [0.717, 1.165) is 46.6 Å². The van der Waals surface area contributed by atoms with E-state index in [1.807, 2.05) is 29.7 Å². The van der Waals surface area contributed by atoms with Gasteiger partial charge in [0.2, 0.25) is 5.95 Å². The molecule has 2 heterocycles. The molecule has 0 spiro atoms. The minimum atomic E-state index is -0.974. The molecule has 0 atom stereocenters. The number of benzene rings is 1. The lowest BCUT2D eigenvalue weighted by molar-refractivity contribution is 0.0630.